The van der Waals surface area contributed by atoms with Gasteiger partial charge in [0.05, 0.1) is 5.56 Å². The van der Waals surface area contributed by atoms with Crippen molar-refractivity contribution in [3.8, 4) is 0 Å². The molecule has 2 aromatic rings. The molecule has 1 saturated heterocycles. The number of nitrogen functional groups attached to an aromatic ring is 1. The van der Waals surface area contributed by atoms with Crippen molar-refractivity contribution in [3.63, 3.8) is 0 Å². The van der Waals surface area contributed by atoms with Gasteiger partial charge in [-0.1, -0.05) is 30.3 Å². The van der Waals surface area contributed by atoms with Gasteiger partial charge < -0.3 is 16.0 Å². The van der Waals surface area contributed by atoms with Crippen molar-refractivity contribution in [2.24, 2.45) is 0 Å². The Morgan fingerprint density at radius 3 is 2.20 bits per heavy atom. The molecular formula is C19H22ClN3O2. The molecule has 3 rings (SSSR count). The SMILES string of the molecule is Cl.Nc1ccccc1C(=O)N1CCC(NC(=O)c2ccccc2)CC1. The first-order valence-corrected chi connectivity index (χ1v) is 8.15. The normalized spacial score (nSPS) is 14.5. The van der Waals surface area contributed by atoms with Crippen molar-refractivity contribution in [3.05, 3.63) is 65.7 Å². The number of hydrogen-bond acceptors (Lipinski definition) is 3. The van der Waals surface area contributed by atoms with Gasteiger partial charge in [-0.25, -0.2) is 0 Å². The van der Waals surface area contributed by atoms with Crippen LogP contribution >= 0.6 is 12.4 Å². The lowest BCUT2D eigenvalue weighted by atomic mass is 10.0. The molecule has 1 heterocycles. The number of piperidine rings is 1. The third kappa shape index (κ3) is 4.51. The first kappa shape index (κ1) is 18.8. The largest absolute Gasteiger partial charge is 0.398 e. The molecule has 3 N–H and O–H groups in total. The molecule has 0 saturated carbocycles. The van der Waals surface area contributed by atoms with E-state index >= 15 is 0 Å². The Kier molecular flexibility index (Phi) is 6.42. The van der Waals surface area contributed by atoms with E-state index in [4.69, 9.17) is 5.73 Å². The highest BCUT2D eigenvalue weighted by Gasteiger charge is 2.25. The van der Waals surface area contributed by atoms with E-state index in [0.29, 0.717) is 29.9 Å². The van der Waals surface area contributed by atoms with Gasteiger partial charge in [-0.05, 0) is 37.1 Å². The average molecular weight is 360 g/mol. The molecule has 0 bridgehead atoms. The fourth-order valence-electron chi connectivity index (χ4n) is 2.95. The van der Waals surface area contributed by atoms with Crippen LogP contribution < -0.4 is 11.1 Å². The summed E-state index contributed by atoms with van der Waals surface area (Å²) < 4.78 is 0. The van der Waals surface area contributed by atoms with Crippen LogP contribution in [-0.4, -0.2) is 35.8 Å². The van der Waals surface area contributed by atoms with Crippen molar-refractivity contribution in [1.82, 2.24) is 10.2 Å². The zero-order valence-electron chi connectivity index (χ0n) is 13.9. The minimum Gasteiger partial charge on any atom is -0.398 e. The summed E-state index contributed by atoms with van der Waals surface area (Å²) in [6, 6.07) is 16.4. The first-order valence-electron chi connectivity index (χ1n) is 8.15. The third-order valence-electron chi connectivity index (χ3n) is 4.34. The average Bonchev–Trinajstić information content (AvgIpc) is 2.63. The van der Waals surface area contributed by atoms with Crippen LogP contribution in [0.5, 0.6) is 0 Å². The van der Waals surface area contributed by atoms with Gasteiger partial charge in [0.2, 0.25) is 0 Å². The molecule has 0 atom stereocenters. The molecule has 0 aromatic heterocycles. The van der Waals surface area contributed by atoms with Crippen molar-refractivity contribution in [2.75, 3.05) is 18.8 Å². The molecule has 132 valence electrons. The van der Waals surface area contributed by atoms with Gasteiger partial charge in [-0.2, -0.15) is 0 Å². The van der Waals surface area contributed by atoms with Crippen molar-refractivity contribution >= 4 is 29.9 Å². The molecule has 2 amide bonds. The van der Waals surface area contributed by atoms with Gasteiger partial charge in [-0.3, -0.25) is 9.59 Å². The van der Waals surface area contributed by atoms with Crippen LogP contribution in [-0.2, 0) is 0 Å². The number of likely N-dealkylation sites (tertiary alicyclic amines) is 1. The summed E-state index contributed by atoms with van der Waals surface area (Å²) in [6.07, 6.45) is 1.49. The van der Waals surface area contributed by atoms with Crippen LogP contribution in [0.15, 0.2) is 54.6 Å². The van der Waals surface area contributed by atoms with E-state index < -0.39 is 0 Å². The predicted octanol–water partition coefficient (Wildman–Crippen LogP) is 2.73. The quantitative estimate of drug-likeness (QED) is 0.827. The summed E-state index contributed by atoms with van der Waals surface area (Å²) in [5, 5.41) is 3.04. The number of benzene rings is 2. The molecule has 2 aromatic carbocycles. The maximum absolute atomic E-state index is 12.5. The van der Waals surface area contributed by atoms with Crippen LogP contribution in [0.4, 0.5) is 5.69 Å². The first-order chi connectivity index (χ1) is 11.6. The van der Waals surface area contributed by atoms with Gasteiger partial charge in [0.25, 0.3) is 11.8 Å². The molecule has 5 nitrogen and oxygen atoms in total. The summed E-state index contributed by atoms with van der Waals surface area (Å²) in [5.41, 5.74) is 7.59. The number of nitrogens with one attached hydrogen (secondary N) is 1. The number of hydrogen-bond donors (Lipinski definition) is 2. The summed E-state index contributed by atoms with van der Waals surface area (Å²) in [5.74, 6) is -0.103. The van der Waals surface area contributed by atoms with Gasteiger partial charge in [-0.15, -0.1) is 12.4 Å². The highest BCUT2D eigenvalue weighted by atomic mass is 35.5. The summed E-state index contributed by atoms with van der Waals surface area (Å²) in [7, 11) is 0. The molecule has 0 spiro atoms. The number of anilines is 1. The smallest absolute Gasteiger partial charge is 0.255 e. The number of carbonyl (C=O) groups is 2. The molecular weight excluding hydrogens is 338 g/mol. The van der Waals surface area contributed by atoms with E-state index in [9.17, 15) is 9.59 Å². The fourth-order valence-corrected chi connectivity index (χ4v) is 2.95. The Morgan fingerprint density at radius 2 is 1.56 bits per heavy atom. The Balaban J connectivity index is 0.00000225. The van der Waals surface area contributed by atoms with Crippen molar-refractivity contribution < 1.29 is 9.59 Å². The lowest BCUT2D eigenvalue weighted by Gasteiger charge is -2.32. The van der Waals surface area contributed by atoms with E-state index in [1.165, 1.54) is 0 Å². The zero-order valence-corrected chi connectivity index (χ0v) is 14.7. The molecule has 6 heteroatoms. The minimum absolute atomic E-state index is 0. The summed E-state index contributed by atoms with van der Waals surface area (Å²) >= 11 is 0. The van der Waals surface area contributed by atoms with Gasteiger partial charge >= 0.3 is 0 Å². The molecule has 0 radical (unpaired) electrons. The van der Waals surface area contributed by atoms with Crippen LogP contribution in [0.25, 0.3) is 0 Å². The van der Waals surface area contributed by atoms with E-state index in [-0.39, 0.29) is 30.3 Å². The monoisotopic (exact) mass is 359 g/mol. The highest BCUT2D eigenvalue weighted by molar-refractivity contribution is 5.99. The number of rotatable bonds is 3. The van der Waals surface area contributed by atoms with E-state index in [2.05, 4.69) is 5.32 Å². The van der Waals surface area contributed by atoms with Gasteiger partial charge in [0.1, 0.15) is 0 Å². The predicted molar refractivity (Wildman–Crippen MR) is 101 cm³/mol. The Hall–Kier alpha value is -2.53. The summed E-state index contributed by atoms with van der Waals surface area (Å²) in [4.78, 5) is 26.5. The molecule has 0 aliphatic carbocycles. The van der Waals surface area contributed by atoms with E-state index in [0.717, 1.165) is 12.8 Å². The van der Waals surface area contributed by atoms with Gasteiger partial charge in [0, 0.05) is 30.4 Å². The second-order valence-corrected chi connectivity index (χ2v) is 5.99. The van der Waals surface area contributed by atoms with Gasteiger partial charge in [0.15, 0.2) is 0 Å². The number of nitrogens with two attached hydrogens (primary N) is 1. The molecule has 25 heavy (non-hydrogen) atoms. The Labute approximate surface area is 153 Å². The Bertz CT molecular complexity index is 728. The van der Waals surface area contributed by atoms with Crippen LogP contribution in [0.2, 0.25) is 0 Å². The minimum atomic E-state index is -0.0623. The Morgan fingerprint density at radius 1 is 0.960 bits per heavy atom. The van der Waals surface area contributed by atoms with Crippen LogP contribution in [0, 0.1) is 0 Å². The number of nitrogens with zero attached hydrogens (tertiary/aromatic N) is 1. The molecule has 1 aliphatic heterocycles. The van der Waals surface area contributed by atoms with Crippen LogP contribution in [0.3, 0.4) is 0 Å². The number of para-hydroxylation sites is 1. The number of carbonyl (C=O) groups excluding carboxylic acids is 2. The second-order valence-electron chi connectivity index (χ2n) is 5.99. The number of halogens is 1. The fraction of sp³-hybridized carbons (Fsp3) is 0.263. The molecule has 0 unspecified atom stereocenters. The van der Waals surface area contributed by atoms with E-state index in [1.54, 1.807) is 29.2 Å². The van der Waals surface area contributed by atoms with Crippen molar-refractivity contribution in [1.29, 1.82) is 0 Å². The lowest BCUT2D eigenvalue weighted by molar-refractivity contribution is 0.0699. The maximum Gasteiger partial charge on any atom is 0.255 e. The zero-order chi connectivity index (χ0) is 16.9. The lowest BCUT2D eigenvalue weighted by Crippen LogP contribution is -2.46. The third-order valence-corrected chi connectivity index (χ3v) is 4.34. The maximum atomic E-state index is 12.5. The standard InChI is InChI=1S/C19H21N3O2.ClH/c20-17-9-5-4-8-16(17)19(24)22-12-10-15(11-13-22)21-18(23)14-6-2-1-3-7-14;/h1-9,15H,10-13,20H2,(H,21,23);1H. The van der Waals surface area contributed by atoms with Crippen LogP contribution in [0.1, 0.15) is 33.6 Å². The highest BCUT2D eigenvalue weighted by Crippen LogP contribution is 2.18. The topological polar surface area (TPSA) is 75.4 Å². The second kappa shape index (κ2) is 8.53. The van der Waals surface area contributed by atoms with Crippen molar-refractivity contribution in [2.45, 2.75) is 18.9 Å². The molecule has 1 fully saturated rings. The number of amides is 2. The summed E-state index contributed by atoms with van der Waals surface area (Å²) in [6.45, 7) is 1.24. The molecule has 1 aliphatic rings. The van der Waals surface area contributed by atoms with E-state index in [1.807, 2.05) is 30.3 Å².